The van der Waals surface area contributed by atoms with Crippen LogP contribution in [-0.2, 0) is 11.3 Å². The maximum absolute atomic E-state index is 5.25. The van der Waals surface area contributed by atoms with Gasteiger partial charge < -0.3 is 14.3 Å². The van der Waals surface area contributed by atoms with Crippen LogP contribution in [0.2, 0.25) is 0 Å². The van der Waals surface area contributed by atoms with Crippen LogP contribution in [0.1, 0.15) is 0 Å². The topological polar surface area (TPSA) is 29.9 Å². The van der Waals surface area contributed by atoms with Gasteiger partial charge in [0.15, 0.2) is 4.77 Å². The summed E-state index contributed by atoms with van der Waals surface area (Å²) in [6.07, 6.45) is 0. The minimum Gasteiger partial charge on any atom is -0.383 e. The molecule has 0 bridgehead atoms. The van der Waals surface area contributed by atoms with Crippen molar-refractivity contribution in [3.8, 4) is 0 Å². The Kier molecular flexibility index (Phi) is 3.23. The van der Waals surface area contributed by atoms with Crippen molar-refractivity contribution in [2.24, 2.45) is 0 Å². The van der Waals surface area contributed by atoms with Crippen molar-refractivity contribution < 1.29 is 4.74 Å². The van der Waals surface area contributed by atoms with Crippen LogP contribution >= 0.6 is 28.1 Å². The Hall–Kier alpha value is -0.650. The first-order chi connectivity index (χ1) is 7.22. The molecule has 0 saturated carbocycles. The number of H-pyrrole nitrogens is 1. The molecule has 2 aromatic rings. The number of halogens is 1. The molecule has 80 valence electrons. The van der Waals surface area contributed by atoms with Crippen LogP contribution in [0, 0.1) is 4.77 Å². The number of hydrogen-bond acceptors (Lipinski definition) is 2. The van der Waals surface area contributed by atoms with Crippen molar-refractivity contribution in [2.45, 2.75) is 6.54 Å². The second kappa shape index (κ2) is 4.47. The molecule has 1 aromatic carbocycles. The second-order valence-electron chi connectivity index (χ2n) is 3.24. The molecule has 1 aromatic heterocycles. The van der Waals surface area contributed by atoms with Gasteiger partial charge in [-0.3, -0.25) is 0 Å². The summed E-state index contributed by atoms with van der Waals surface area (Å²) in [6.45, 7) is 1.44. The Morgan fingerprint density at radius 1 is 1.53 bits per heavy atom. The second-order valence-corrected chi connectivity index (χ2v) is 4.54. The molecule has 5 heteroatoms. The number of benzene rings is 1. The van der Waals surface area contributed by atoms with Gasteiger partial charge in [0.25, 0.3) is 0 Å². The van der Waals surface area contributed by atoms with Crippen LogP contribution in [0.15, 0.2) is 22.7 Å². The van der Waals surface area contributed by atoms with Crippen LogP contribution in [0.25, 0.3) is 11.0 Å². The van der Waals surface area contributed by atoms with Crippen LogP contribution in [0.5, 0.6) is 0 Å². The van der Waals surface area contributed by atoms with E-state index in [4.69, 9.17) is 17.0 Å². The average molecular weight is 287 g/mol. The van der Waals surface area contributed by atoms with Crippen LogP contribution < -0.4 is 0 Å². The van der Waals surface area contributed by atoms with E-state index in [1.165, 1.54) is 0 Å². The van der Waals surface area contributed by atoms with E-state index >= 15 is 0 Å². The van der Waals surface area contributed by atoms with Crippen molar-refractivity contribution in [3.63, 3.8) is 0 Å². The fraction of sp³-hybridized carbons (Fsp3) is 0.300. The van der Waals surface area contributed by atoms with E-state index in [0.717, 1.165) is 26.8 Å². The minimum absolute atomic E-state index is 0.664. The Bertz CT molecular complexity index is 532. The maximum Gasteiger partial charge on any atom is 0.178 e. The highest BCUT2D eigenvalue weighted by Gasteiger charge is 2.03. The normalized spacial score (nSPS) is 11.1. The van der Waals surface area contributed by atoms with Crippen LogP contribution in [0.4, 0.5) is 0 Å². The van der Waals surface area contributed by atoms with Gasteiger partial charge >= 0.3 is 0 Å². The van der Waals surface area contributed by atoms with E-state index < -0.39 is 0 Å². The number of imidazole rings is 1. The average Bonchev–Trinajstić information content (AvgIpc) is 2.50. The Balaban J connectivity index is 2.53. The molecule has 0 amide bonds. The SMILES string of the molecule is COCCn1c(=S)[nH]c2cc(Br)ccc21. The molecule has 2 rings (SSSR count). The third kappa shape index (κ3) is 2.14. The molecule has 15 heavy (non-hydrogen) atoms. The van der Waals surface area contributed by atoms with E-state index in [0.29, 0.717) is 6.61 Å². The molecule has 0 fully saturated rings. The zero-order valence-corrected chi connectivity index (χ0v) is 10.7. The highest BCUT2D eigenvalue weighted by molar-refractivity contribution is 9.10. The highest BCUT2D eigenvalue weighted by atomic mass is 79.9. The highest BCUT2D eigenvalue weighted by Crippen LogP contribution is 2.19. The Morgan fingerprint density at radius 3 is 3.07 bits per heavy atom. The number of rotatable bonds is 3. The molecule has 0 saturated heterocycles. The van der Waals surface area contributed by atoms with Crippen molar-refractivity contribution >= 4 is 39.2 Å². The summed E-state index contributed by atoms with van der Waals surface area (Å²) in [5, 5.41) is 0. The van der Waals surface area contributed by atoms with Crippen LogP contribution in [-0.4, -0.2) is 23.3 Å². The van der Waals surface area contributed by atoms with Gasteiger partial charge in [0, 0.05) is 18.1 Å². The molecule has 0 aliphatic carbocycles. The quantitative estimate of drug-likeness (QED) is 0.879. The summed E-state index contributed by atoms with van der Waals surface area (Å²) in [5.41, 5.74) is 2.16. The molecular formula is C10H11BrN2OS. The first-order valence-electron chi connectivity index (χ1n) is 4.59. The van der Waals surface area contributed by atoms with Gasteiger partial charge in [-0.05, 0) is 30.4 Å². The Labute approximate surface area is 101 Å². The lowest BCUT2D eigenvalue weighted by Gasteiger charge is -2.02. The molecule has 0 atom stereocenters. The lowest BCUT2D eigenvalue weighted by atomic mass is 10.3. The number of aromatic amines is 1. The van der Waals surface area contributed by atoms with Gasteiger partial charge in [0.05, 0.1) is 17.6 Å². The van der Waals surface area contributed by atoms with Gasteiger partial charge in [-0.2, -0.15) is 0 Å². The lowest BCUT2D eigenvalue weighted by molar-refractivity contribution is 0.188. The number of nitrogens with zero attached hydrogens (tertiary/aromatic N) is 1. The zero-order valence-electron chi connectivity index (χ0n) is 8.29. The molecule has 0 aliphatic rings. The molecular weight excluding hydrogens is 276 g/mol. The van der Waals surface area contributed by atoms with E-state index in [9.17, 15) is 0 Å². The van der Waals surface area contributed by atoms with Gasteiger partial charge in [-0.15, -0.1) is 0 Å². The number of fused-ring (bicyclic) bond motifs is 1. The van der Waals surface area contributed by atoms with Crippen molar-refractivity contribution in [1.82, 2.24) is 9.55 Å². The maximum atomic E-state index is 5.25. The third-order valence-electron chi connectivity index (χ3n) is 2.26. The summed E-state index contributed by atoms with van der Waals surface area (Å²) in [5.74, 6) is 0. The lowest BCUT2D eigenvalue weighted by Crippen LogP contribution is -2.03. The molecule has 1 N–H and O–H groups in total. The molecule has 0 unspecified atom stereocenters. The van der Waals surface area contributed by atoms with Gasteiger partial charge in [0.1, 0.15) is 0 Å². The predicted molar refractivity (Wildman–Crippen MR) is 66.7 cm³/mol. The van der Waals surface area contributed by atoms with Gasteiger partial charge in [-0.25, -0.2) is 0 Å². The molecule has 0 radical (unpaired) electrons. The van der Waals surface area contributed by atoms with E-state index in [1.54, 1.807) is 7.11 Å². The summed E-state index contributed by atoms with van der Waals surface area (Å²) >= 11 is 8.68. The largest absolute Gasteiger partial charge is 0.383 e. The fourth-order valence-corrected chi connectivity index (χ4v) is 2.20. The first-order valence-corrected chi connectivity index (χ1v) is 5.79. The van der Waals surface area contributed by atoms with Gasteiger partial charge in [-0.1, -0.05) is 15.9 Å². The number of nitrogens with one attached hydrogen (secondary N) is 1. The number of ether oxygens (including phenoxy) is 1. The van der Waals surface area contributed by atoms with E-state index in [1.807, 2.05) is 22.8 Å². The number of methoxy groups -OCH3 is 1. The monoisotopic (exact) mass is 286 g/mol. The summed E-state index contributed by atoms with van der Waals surface area (Å²) in [4.78, 5) is 3.17. The molecule has 0 spiro atoms. The summed E-state index contributed by atoms with van der Waals surface area (Å²) in [6, 6.07) is 6.07. The third-order valence-corrected chi connectivity index (χ3v) is 3.07. The number of aromatic nitrogens is 2. The number of hydrogen-bond donors (Lipinski definition) is 1. The van der Waals surface area contributed by atoms with Crippen molar-refractivity contribution in [2.75, 3.05) is 13.7 Å². The van der Waals surface area contributed by atoms with Crippen LogP contribution in [0.3, 0.4) is 0 Å². The standard InChI is InChI=1S/C10H11BrN2OS/c1-14-5-4-13-9-3-2-7(11)6-8(9)12-10(13)15/h2-3,6H,4-5H2,1H3,(H,12,15). The van der Waals surface area contributed by atoms with Gasteiger partial charge in [0.2, 0.25) is 0 Å². The smallest absolute Gasteiger partial charge is 0.178 e. The molecule has 0 aliphatic heterocycles. The fourth-order valence-electron chi connectivity index (χ4n) is 1.54. The Morgan fingerprint density at radius 2 is 2.33 bits per heavy atom. The summed E-state index contributed by atoms with van der Waals surface area (Å²) in [7, 11) is 1.69. The zero-order chi connectivity index (χ0) is 10.8. The summed E-state index contributed by atoms with van der Waals surface area (Å²) < 4.78 is 8.88. The molecule has 3 nitrogen and oxygen atoms in total. The molecule has 1 heterocycles. The van der Waals surface area contributed by atoms with Crippen molar-refractivity contribution in [3.05, 3.63) is 27.4 Å². The predicted octanol–water partition coefficient (Wildman–Crippen LogP) is 3.11. The van der Waals surface area contributed by atoms with Crippen molar-refractivity contribution in [1.29, 1.82) is 0 Å². The van der Waals surface area contributed by atoms with E-state index in [-0.39, 0.29) is 0 Å². The minimum atomic E-state index is 0.664. The first kappa shape index (κ1) is 10.9. The van der Waals surface area contributed by atoms with E-state index in [2.05, 4.69) is 20.9 Å².